The maximum absolute atomic E-state index is 11.2. The number of aromatic hydroxyl groups is 1. The van der Waals surface area contributed by atoms with Crippen LogP contribution in [0.2, 0.25) is 0 Å². The first-order valence-electron chi connectivity index (χ1n) is 20.9. The molecule has 0 unspecified atom stereocenters. The monoisotopic (exact) mass is 957 g/mol. The molecule has 9 rings (SSSR count). The van der Waals surface area contributed by atoms with E-state index in [4.69, 9.17) is 4.98 Å². The second-order valence-corrected chi connectivity index (χ2v) is 17.6. The summed E-state index contributed by atoms with van der Waals surface area (Å²) in [6.07, 6.45) is 7.86. The molecule has 1 N–H and O–H groups in total. The minimum atomic E-state index is -0.206. The van der Waals surface area contributed by atoms with Gasteiger partial charge in [-0.25, -0.2) is 4.98 Å². The van der Waals surface area contributed by atoms with Crippen LogP contribution in [0, 0.1) is 6.07 Å². The second-order valence-electron chi connectivity index (χ2n) is 17.6. The third kappa shape index (κ3) is 7.08. The van der Waals surface area contributed by atoms with Gasteiger partial charge in [-0.3, -0.25) is 4.98 Å². The molecule has 8 heteroatoms. The summed E-state index contributed by atoms with van der Waals surface area (Å²) in [5, 5.41) is 11.2. The molecule has 0 aliphatic carbocycles. The summed E-state index contributed by atoms with van der Waals surface area (Å²) in [7, 11) is 0. The smallest absolute Gasteiger partial charge is 0.422 e. The maximum atomic E-state index is 11.2. The third-order valence-electron chi connectivity index (χ3n) is 12.2. The van der Waals surface area contributed by atoms with Crippen molar-refractivity contribution >= 4 is 23.8 Å². The van der Waals surface area contributed by atoms with Crippen molar-refractivity contribution in [3.05, 3.63) is 161 Å². The topological polar surface area (TPSA) is 59.1 Å². The van der Waals surface area contributed by atoms with Crippen molar-refractivity contribution in [2.45, 2.75) is 98.3 Å². The molecular formula is C51H55BIrN5O-. The standard InChI is InChI=1S/C30H32BN3O.C21H23N2.Ir/c1-18(2)20-10-9-11-21(19(3)4)27(20)31-33-17-16-32-29(33)26-25(35)15-14-23-28(26)34(31)24-13-8-7-12-22(24)30(23,5)6;1-15(2)18-11-8-12-19(16(3)4)20(18)23-14-13-22-21(23)17-9-6-5-7-10-17;/h7-19,35H,1-6H3;5-9,11-16H,1-4H3;/q;-1;. The van der Waals surface area contributed by atoms with E-state index in [0.717, 1.165) is 28.5 Å². The summed E-state index contributed by atoms with van der Waals surface area (Å²) < 4.78 is 4.48. The number of imidazole rings is 2. The Bertz CT molecular complexity index is 2550. The van der Waals surface area contributed by atoms with Gasteiger partial charge in [0.1, 0.15) is 11.6 Å². The normalized spacial score (nSPS) is 13.5. The van der Waals surface area contributed by atoms with Gasteiger partial charge in [0.25, 0.3) is 0 Å². The molecule has 5 aromatic carbocycles. The SMILES string of the molecule is CC(C)c1cccc(C(C)C)c1-n1ccnc1-c1[c-]cccc1.CC(C)c1cccc(C(C)C)c1B1N2c3ccccc3C(C)(C)c3ccc(O)c(c32)-c2nccn21.[Ir]. The number of phenols is 1. The predicted octanol–water partition coefficient (Wildman–Crippen LogP) is 12.1. The van der Waals surface area contributed by atoms with Gasteiger partial charge in [0, 0.05) is 67.4 Å². The molecule has 0 bridgehead atoms. The zero-order chi connectivity index (χ0) is 41.0. The number of aromatic nitrogens is 4. The first kappa shape index (κ1) is 42.0. The van der Waals surface area contributed by atoms with Gasteiger partial charge in [-0.05, 0) is 74.6 Å². The van der Waals surface area contributed by atoms with Crippen LogP contribution < -0.4 is 10.3 Å². The Morgan fingerprint density at radius 2 is 1.19 bits per heavy atom. The summed E-state index contributed by atoms with van der Waals surface area (Å²) in [5.74, 6) is 3.70. The Labute approximate surface area is 364 Å². The summed E-state index contributed by atoms with van der Waals surface area (Å²) in [6.45, 7) is 22.6. The molecule has 303 valence electrons. The van der Waals surface area contributed by atoms with E-state index in [1.165, 1.54) is 50.2 Å². The Balaban J connectivity index is 0.000000192. The van der Waals surface area contributed by atoms with Gasteiger partial charge in [-0.15, -0.1) is 35.9 Å². The second kappa shape index (κ2) is 16.5. The van der Waals surface area contributed by atoms with Crippen molar-refractivity contribution in [3.63, 3.8) is 0 Å². The number of hydrogen-bond acceptors (Lipinski definition) is 4. The Morgan fingerprint density at radius 3 is 1.80 bits per heavy atom. The number of fused-ring (bicyclic) bond motifs is 4. The minimum absolute atomic E-state index is 0. The fourth-order valence-electron chi connectivity index (χ4n) is 9.30. The Morgan fingerprint density at radius 1 is 0.610 bits per heavy atom. The van der Waals surface area contributed by atoms with Crippen molar-refractivity contribution in [3.8, 4) is 34.2 Å². The van der Waals surface area contributed by atoms with Gasteiger partial charge >= 0.3 is 6.98 Å². The Hall–Kier alpha value is -5.17. The molecule has 0 saturated carbocycles. The van der Waals surface area contributed by atoms with Gasteiger partial charge in [-0.1, -0.05) is 130 Å². The van der Waals surface area contributed by atoms with E-state index in [1.807, 2.05) is 36.7 Å². The molecule has 6 nitrogen and oxygen atoms in total. The quantitative estimate of drug-likeness (QED) is 0.128. The van der Waals surface area contributed by atoms with Crippen LogP contribution in [0.3, 0.4) is 0 Å². The molecule has 0 fully saturated rings. The Kier molecular flexibility index (Phi) is 11.7. The van der Waals surface area contributed by atoms with Crippen molar-refractivity contribution in [2.24, 2.45) is 0 Å². The maximum Gasteiger partial charge on any atom is 0.422 e. The summed E-state index contributed by atoms with van der Waals surface area (Å²) in [6, 6.07) is 37.4. The fraction of sp³-hybridized carbons (Fsp3) is 0.294. The van der Waals surface area contributed by atoms with E-state index in [-0.39, 0.29) is 38.3 Å². The van der Waals surface area contributed by atoms with Crippen LogP contribution in [0.5, 0.6) is 5.75 Å². The number of anilines is 2. The third-order valence-corrected chi connectivity index (χ3v) is 12.2. The van der Waals surface area contributed by atoms with Crippen LogP contribution in [0.1, 0.15) is 126 Å². The molecule has 0 amide bonds. The van der Waals surface area contributed by atoms with Gasteiger partial charge < -0.3 is 19.0 Å². The molecule has 0 atom stereocenters. The summed E-state index contributed by atoms with van der Waals surface area (Å²) in [5.41, 5.74) is 14.4. The molecule has 2 aromatic heterocycles. The zero-order valence-corrected chi connectivity index (χ0v) is 38.3. The van der Waals surface area contributed by atoms with E-state index in [9.17, 15) is 5.11 Å². The number of rotatable bonds is 7. The van der Waals surface area contributed by atoms with E-state index < -0.39 is 0 Å². The van der Waals surface area contributed by atoms with Gasteiger partial charge in [0.2, 0.25) is 0 Å². The van der Waals surface area contributed by atoms with Crippen LogP contribution in [-0.4, -0.2) is 31.1 Å². The van der Waals surface area contributed by atoms with E-state index in [2.05, 4.69) is 179 Å². The van der Waals surface area contributed by atoms with Crippen LogP contribution in [0.15, 0.2) is 122 Å². The fourth-order valence-corrected chi connectivity index (χ4v) is 9.30. The number of phenolic OH excluding ortho intramolecular Hbond substituents is 1. The molecule has 0 saturated heterocycles. The number of hydrogen-bond donors (Lipinski definition) is 1. The minimum Gasteiger partial charge on any atom is -0.507 e. The van der Waals surface area contributed by atoms with Crippen LogP contribution >= 0.6 is 0 Å². The van der Waals surface area contributed by atoms with Crippen LogP contribution in [-0.2, 0) is 25.5 Å². The molecule has 59 heavy (non-hydrogen) atoms. The molecule has 2 aliphatic rings. The van der Waals surface area contributed by atoms with Crippen LogP contribution in [0.25, 0.3) is 28.5 Å². The van der Waals surface area contributed by atoms with E-state index in [0.29, 0.717) is 23.7 Å². The van der Waals surface area contributed by atoms with Crippen molar-refractivity contribution in [1.82, 2.24) is 19.0 Å². The number of benzene rings is 5. The molecule has 0 spiro atoms. The van der Waals surface area contributed by atoms with E-state index >= 15 is 0 Å². The average Bonchev–Trinajstić information content (AvgIpc) is 3.91. The molecular weight excluding hydrogens is 902 g/mol. The largest absolute Gasteiger partial charge is 0.507 e. The molecule has 2 aliphatic heterocycles. The predicted molar refractivity (Wildman–Crippen MR) is 241 cm³/mol. The van der Waals surface area contributed by atoms with Crippen molar-refractivity contribution in [2.75, 3.05) is 4.81 Å². The zero-order valence-electron chi connectivity index (χ0n) is 36.0. The van der Waals surface area contributed by atoms with Crippen molar-refractivity contribution < 1.29 is 25.2 Å². The van der Waals surface area contributed by atoms with Crippen LogP contribution in [0.4, 0.5) is 11.4 Å². The van der Waals surface area contributed by atoms with E-state index in [1.54, 1.807) is 0 Å². The summed E-state index contributed by atoms with van der Waals surface area (Å²) in [4.78, 5) is 11.9. The van der Waals surface area contributed by atoms with Gasteiger partial charge in [-0.2, -0.15) is 0 Å². The van der Waals surface area contributed by atoms with Gasteiger partial charge in [0.05, 0.1) is 11.4 Å². The van der Waals surface area contributed by atoms with Crippen molar-refractivity contribution in [1.29, 1.82) is 0 Å². The summed E-state index contributed by atoms with van der Waals surface area (Å²) >= 11 is 0. The molecule has 7 aromatic rings. The number of nitrogens with zero attached hydrogens (tertiary/aromatic N) is 5. The van der Waals surface area contributed by atoms with Gasteiger partial charge in [0.15, 0.2) is 0 Å². The first-order chi connectivity index (χ1) is 27.8. The molecule has 4 heterocycles. The average molecular weight is 957 g/mol. The molecule has 1 radical (unpaired) electrons. The number of para-hydroxylation sites is 2. The first-order valence-corrected chi connectivity index (χ1v) is 20.9.